The lowest BCUT2D eigenvalue weighted by atomic mass is 10.0. The van der Waals surface area contributed by atoms with E-state index in [0.717, 1.165) is 4.90 Å². The largest absolute Gasteiger partial charge is 0.481 e. The van der Waals surface area contributed by atoms with E-state index in [9.17, 15) is 22.8 Å². The molecule has 3 heterocycles. The Morgan fingerprint density at radius 2 is 1.93 bits per heavy atom. The summed E-state index contributed by atoms with van der Waals surface area (Å²) >= 11 is 0. The van der Waals surface area contributed by atoms with Crippen molar-refractivity contribution in [3.8, 4) is 5.88 Å². The Balaban J connectivity index is 1.58. The highest BCUT2D eigenvalue weighted by Crippen LogP contribution is 2.24. The Morgan fingerprint density at radius 1 is 1.21 bits per heavy atom. The summed E-state index contributed by atoms with van der Waals surface area (Å²) < 4.78 is 43.0. The maximum absolute atomic E-state index is 12.7. The molecule has 0 spiro atoms. The van der Waals surface area contributed by atoms with E-state index in [1.165, 1.54) is 7.11 Å². The second-order valence-corrected chi connectivity index (χ2v) is 6.93. The lowest BCUT2D eigenvalue weighted by molar-refractivity contribution is -0.168. The van der Waals surface area contributed by atoms with Crippen molar-refractivity contribution in [3.05, 3.63) is 23.9 Å². The molecule has 2 aliphatic rings. The van der Waals surface area contributed by atoms with E-state index >= 15 is 0 Å². The van der Waals surface area contributed by atoms with Crippen LogP contribution in [0.25, 0.3) is 0 Å². The topological polar surface area (TPSA) is 66.0 Å². The molecule has 0 N–H and O–H groups in total. The van der Waals surface area contributed by atoms with E-state index in [1.807, 2.05) is 4.90 Å². The number of carbonyl (C=O) groups excluding carboxylic acids is 2. The summed E-state index contributed by atoms with van der Waals surface area (Å²) in [6.45, 7) is 0.580. The van der Waals surface area contributed by atoms with Crippen LogP contribution >= 0.6 is 0 Å². The highest BCUT2D eigenvalue weighted by Gasteiger charge is 2.40. The molecule has 28 heavy (non-hydrogen) atoms. The molecular formula is C18H23F3N4O3. The smallest absolute Gasteiger partial charge is 0.406 e. The number of carbonyl (C=O) groups is 2. The van der Waals surface area contributed by atoms with Gasteiger partial charge in [-0.3, -0.25) is 14.5 Å². The van der Waals surface area contributed by atoms with Crippen LogP contribution in [0.1, 0.15) is 23.3 Å². The van der Waals surface area contributed by atoms with Gasteiger partial charge >= 0.3 is 6.18 Å². The first-order valence-corrected chi connectivity index (χ1v) is 9.18. The molecule has 1 aromatic rings. The number of alkyl halides is 3. The number of halogens is 3. The van der Waals surface area contributed by atoms with Crippen LogP contribution in [-0.2, 0) is 4.79 Å². The molecule has 0 bridgehead atoms. The molecule has 0 saturated carbocycles. The molecule has 1 aromatic heterocycles. The predicted molar refractivity (Wildman–Crippen MR) is 93.9 cm³/mol. The molecule has 0 radical (unpaired) electrons. The zero-order chi connectivity index (χ0) is 20.3. The Labute approximate surface area is 161 Å². The fourth-order valence-electron chi connectivity index (χ4n) is 3.68. The molecule has 1 atom stereocenters. The van der Waals surface area contributed by atoms with Gasteiger partial charge in [-0.15, -0.1) is 0 Å². The third-order valence-electron chi connectivity index (χ3n) is 5.07. The Hall–Kier alpha value is -2.36. The summed E-state index contributed by atoms with van der Waals surface area (Å²) in [4.78, 5) is 33.7. The molecule has 2 saturated heterocycles. The number of amides is 2. The Bertz CT molecular complexity index is 720. The lowest BCUT2D eigenvalue weighted by Crippen LogP contribution is -2.59. The van der Waals surface area contributed by atoms with Gasteiger partial charge in [0.15, 0.2) is 0 Å². The van der Waals surface area contributed by atoms with Crippen LogP contribution in [0.15, 0.2) is 18.2 Å². The molecule has 0 unspecified atom stereocenters. The zero-order valence-electron chi connectivity index (χ0n) is 15.6. The predicted octanol–water partition coefficient (Wildman–Crippen LogP) is 1.40. The molecule has 0 aliphatic carbocycles. The van der Waals surface area contributed by atoms with E-state index in [1.54, 1.807) is 23.1 Å². The number of aromatic nitrogens is 1. The lowest BCUT2D eigenvalue weighted by Gasteiger charge is -2.42. The zero-order valence-corrected chi connectivity index (χ0v) is 15.6. The van der Waals surface area contributed by atoms with Gasteiger partial charge in [0.1, 0.15) is 12.2 Å². The molecule has 2 aliphatic heterocycles. The normalized spacial score (nSPS) is 21.7. The van der Waals surface area contributed by atoms with Crippen molar-refractivity contribution in [1.29, 1.82) is 0 Å². The number of rotatable bonds is 4. The molecular weight excluding hydrogens is 377 g/mol. The monoisotopic (exact) mass is 400 g/mol. The van der Waals surface area contributed by atoms with E-state index < -0.39 is 24.7 Å². The van der Waals surface area contributed by atoms with Gasteiger partial charge in [0.2, 0.25) is 11.8 Å². The van der Waals surface area contributed by atoms with Crippen LogP contribution in [0.3, 0.4) is 0 Å². The number of piperazine rings is 1. The standard InChI is InChI=1S/C18H23F3N4O3/c1-28-15-6-2-4-13(22-15)16(26)24-10-8-23(9-11-24)14-5-3-7-25(17(14)27)12-18(19,20)21/h2,4,6,14H,3,5,7-12H2,1H3/t14-/m1/s1. The third-order valence-corrected chi connectivity index (χ3v) is 5.07. The first-order valence-electron chi connectivity index (χ1n) is 9.18. The third kappa shape index (κ3) is 4.73. The van der Waals surface area contributed by atoms with E-state index in [0.29, 0.717) is 44.9 Å². The van der Waals surface area contributed by atoms with E-state index in [2.05, 4.69) is 4.98 Å². The quantitative estimate of drug-likeness (QED) is 0.765. The van der Waals surface area contributed by atoms with Crippen LogP contribution in [0, 0.1) is 0 Å². The molecule has 154 valence electrons. The number of hydrogen-bond acceptors (Lipinski definition) is 5. The van der Waals surface area contributed by atoms with Gasteiger partial charge in [-0.05, 0) is 18.9 Å². The van der Waals surface area contributed by atoms with E-state index in [-0.39, 0.29) is 18.1 Å². The summed E-state index contributed by atoms with van der Waals surface area (Å²) in [7, 11) is 1.47. The number of methoxy groups -OCH3 is 1. The minimum absolute atomic E-state index is 0.134. The first-order chi connectivity index (χ1) is 13.3. The van der Waals surface area contributed by atoms with Gasteiger partial charge in [-0.2, -0.15) is 13.2 Å². The highest BCUT2D eigenvalue weighted by molar-refractivity contribution is 5.92. The molecule has 2 amide bonds. The molecule has 0 aromatic carbocycles. The SMILES string of the molecule is COc1cccc(C(=O)N2CCN([C@@H]3CCCN(CC(F)(F)F)C3=O)CC2)n1. The Kier molecular flexibility index (Phi) is 6.07. The van der Waals surface area contributed by atoms with Gasteiger partial charge in [-0.25, -0.2) is 4.98 Å². The number of piperidine rings is 1. The van der Waals surface area contributed by atoms with Crippen LogP contribution in [0.4, 0.5) is 13.2 Å². The Morgan fingerprint density at radius 3 is 2.57 bits per heavy atom. The van der Waals surface area contributed by atoms with Crippen LogP contribution < -0.4 is 4.74 Å². The number of nitrogens with zero attached hydrogens (tertiary/aromatic N) is 4. The minimum Gasteiger partial charge on any atom is -0.481 e. The maximum atomic E-state index is 12.7. The molecule has 7 nitrogen and oxygen atoms in total. The number of hydrogen-bond donors (Lipinski definition) is 0. The van der Waals surface area contributed by atoms with Crippen molar-refractivity contribution in [3.63, 3.8) is 0 Å². The number of ether oxygens (including phenoxy) is 1. The van der Waals surface area contributed by atoms with Crippen molar-refractivity contribution in [2.75, 3.05) is 46.4 Å². The van der Waals surface area contributed by atoms with Gasteiger partial charge < -0.3 is 14.5 Å². The highest BCUT2D eigenvalue weighted by atomic mass is 19.4. The molecule has 2 fully saturated rings. The fraction of sp³-hybridized carbons (Fsp3) is 0.611. The molecule has 3 rings (SSSR count). The van der Waals surface area contributed by atoms with Gasteiger partial charge in [0.25, 0.3) is 5.91 Å². The summed E-state index contributed by atoms with van der Waals surface area (Å²) in [5.74, 6) is -0.355. The summed E-state index contributed by atoms with van der Waals surface area (Å²) in [5.41, 5.74) is 0.276. The summed E-state index contributed by atoms with van der Waals surface area (Å²) in [5, 5.41) is 0. The average Bonchev–Trinajstić information content (AvgIpc) is 2.68. The van der Waals surface area contributed by atoms with E-state index in [4.69, 9.17) is 4.74 Å². The van der Waals surface area contributed by atoms with Crippen LogP contribution in [0.2, 0.25) is 0 Å². The fourth-order valence-corrected chi connectivity index (χ4v) is 3.68. The maximum Gasteiger partial charge on any atom is 0.406 e. The van der Waals surface area contributed by atoms with Crippen LogP contribution in [0.5, 0.6) is 5.88 Å². The second-order valence-electron chi connectivity index (χ2n) is 6.93. The second kappa shape index (κ2) is 8.34. The van der Waals surface area contributed by atoms with Crippen LogP contribution in [-0.4, -0.2) is 90.1 Å². The van der Waals surface area contributed by atoms with Gasteiger partial charge in [0, 0.05) is 38.8 Å². The van der Waals surface area contributed by atoms with Gasteiger partial charge in [-0.1, -0.05) is 6.07 Å². The average molecular weight is 400 g/mol. The van der Waals surface area contributed by atoms with Crippen molar-refractivity contribution in [2.45, 2.75) is 25.1 Å². The summed E-state index contributed by atoms with van der Waals surface area (Å²) in [6.07, 6.45) is -3.32. The number of likely N-dealkylation sites (tertiary alicyclic amines) is 1. The van der Waals surface area contributed by atoms with Crippen molar-refractivity contribution in [2.24, 2.45) is 0 Å². The summed E-state index contributed by atoms with van der Waals surface area (Å²) in [6, 6.07) is 4.39. The van der Waals surface area contributed by atoms with Crippen molar-refractivity contribution < 1.29 is 27.5 Å². The van der Waals surface area contributed by atoms with Gasteiger partial charge in [0.05, 0.1) is 13.2 Å². The molecule has 10 heteroatoms. The minimum atomic E-state index is -4.40. The number of pyridine rings is 1. The van der Waals surface area contributed by atoms with Crippen molar-refractivity contribution >= 4 is 11.8 Å². The first kappa shape index (κ1) is 20.4. The van der Waals surface area contributed by atoms with Crippen molar-refractivity contribution in [1.82, 2.24) is 19.7 Å².